The van der Waals surface area contributed by atoms with Crippen molar-refractivity contribution in [3.63, 3.8) is 0 Å². The molecule has 0 aliphatic rings. The average Bonchev–Trinajstić information content (AvgIpc) is 2.69. The maximum Gasteiger partial charge on any atom is 0.274 e. The second-order valence-corrected chi connectivity index (χ2v) is 6.41. The molecule has 0 spiro atoms. The third kappa shape index (κ3) is 4.92. The summed E-state index contributed by atoms with van der Waals surface area (Å²) in [4.78, 5) is 28.9. The molecule has 0 fully saturated rings. The normalized spacial score (nSPS) is 10.3. The summed E-state index contributed by atoms with van der Waals surface area (Å²) >= 11 is 6.09. The SMILES string of the molecule is Cc1ccc(NC(=O)c2cccc(C(=O)NCc3ccccc3Cl)n2)cc1. The van der Waals surface area contributed by atoms with E-state index < -0.39 is 0 Å². The fourth-order valence-corrected chi connectivity index (χ4v) is 2.63. The lowest BCUT2D eigenvalue weighted by molar-refractivity contribution is 0.0945. The number of halogens is 1. The number of hydrogen-bond donors (Lipinski definition) is 2. The Balaban J connectivity index is 1.67. The van der Waals surface area contributed by atoms with Crippen molar-refractivity contribution < 1.29 is 9.59 Å². The van der Waals surface area contributed by atoms with Crippen molar-refractivity contribution >= 4 is 29.1 Å². The van der Waals surface area contributed by atoms with Crippen LogP contribution in [0.3, 0.4) is 0 Å². The van der Waals surface area contributed by atoms with Gasteiger partial charge in [0.2, 0.25) is 0 Å². The van der Waals surface area contributed by atoms with Gasteiger partial charge in [-0.25, -0.2) is 4.98 Å². The van der Waals surface area contributed by atoms with Crippen LogP contribution in [0, 0.1) is 6.92 Å². The second kappa shape index (κ2) is 8.47. The number of hydrogen-bond acceptors (Lipinski definition) is 3. The summed E-state index contributed by atoms with van der Waals surface area (Å²) in [6.45, 7) is 2.25. The first-order valence-corrected chi connectivity index (χ1v) is 8.77. The van der Waals surface area contributed by atoms with Crippen LogP contribution in [-0.2, 0) is 6.54 Å². The molecule has 3 rings (SSSR count). The molecule has 136 valence electrons. The van der Waals surface area contributed by atoms with Crippen molar-refractivity contribution in [2.45, 2.75) is 13.5 Å². The summed E-state index contributed by atoms with van der Waals surface area (Å²) in [7, 11) is 0. The number of pyridine rings is 1. The molecule has 0 saturated carbocycles. The summed E-state index contributed by atoms with van der Waals surface area (Å²) in [6.07, 6.45) is 0. The maximum absolute atomic E-state index is 12.4. The van der Waals surface area contributed by atoms with Gasteiger partial charge in [0, 0.05) is 17.3 Å². The highest BCUT2D eigenvalue weighted by molar-refractivity contribution is 6.31. The van der Waals surface area contributed by atoms with Crippen LogP contribution >= 0.6 is 11.6 Å². The molecule has 6 heteroatoms. The maximum atomic E-state index is 12.4. The van der Waals surface area contributed by atoms with Crippen LogP contribution in [0.2, 0.25) is 5.02 Å². The Morgan fingerprint density at radius 1 is 0.889 bits per heavy atom. The number of rotatable bonds is 5. The molecule has 2 amide bonds. The zero-order chi connectivity index (χ0) is 19.2. The highest BCUT2D eigenvalue weighted by Gasteiger charge is 2.13. The Hall–Kier alpha value is -3.18. The molecule has 1 heterocycles. The minimum absolute atomic E-state index is 0.165. The fourth-order valence-electron chi connectivity index (χ4n) is 2.43. The molecule has 0 saturated heterocycles. The van der Waals surface area contributed by atoms with Gasteiger partial charge in [-0.2, -0.15) is 0 Å². The number of benzene rings is 2. The van der Waals surface area contributed by atoms with Gasteiger partial charge in [-0.05, 0) is 42.8 Å². The van der Waals surface area contributed by atoms with Crippen molar-refractivity contribution in [3.8, 4) is 0 Å². The van der Waals surface area contributed by atoms with E-state index in [9.17, 15) is 9.59 Å². The lowest BCUT2D eigenvalue weighted by Gasteiger charge is -2.08. The Kier molecular flexibility index (Phi) is 5.84. The van der Waals surface area contributed by atoms with Crippen LogP contribution in [0.15, 0.2) is 66.7 Å². The molecular weight excluding hydrogens is 362 g/mol. The van der Waals surface area contributed by atoms with E-state index in [2.05, 4.69) is 15.6 Å². The van der Waals surface area contributed by atoms with E-state index in [1.54, 1.807) is 24.3 Å². The Morgan fingerprint density at radius 3 is 2.26 bits per heavy atom. The topological polar surface area (TPSA) is 71.1 Å². The summed E-state index contributed by atoms with van der Waals surface area (Å²) in [5.74, 6) is -0.750. The van der Waals surface area contributed by atoms with Gasteiger partial charge >= 0.3 is 0 Å². The number of amides is 2. The number of nitrogens with zero attached hydrogens (tertiary/aromatic N) is 1. The van der Waals surface area contributed by atoms with Gasteiger partial charge in [0.15, 0.2) is 0 Å². The number of nitrogens with one attached hydrogen (secondary N) is 2. The van der Waals surface area contributed by atoms with Gasteiger partial charge in [-0.3, -0.25) is 9.59 Å². The number of aryl methyl sites for hydroxylation is 1. The first-order valence-electron chi connectivity index (χ1n) is 8.39. The van der Waals surface area contributed by atoms with Crippen molar-refractivity contribution in [1.82, 2.24) is 10.3 Å². The molecule has 0 aliphatic heterocycles. The highest BCUT2D eigenvalue weighted by Crippen LogP contribution is 2.14. The van der Waals surface area contributed by atoms with Crippen LogP contribution in [0.4, 0.5) is 5.69 Å². The number of anilines is 1. The third-order valence-corrected chi connectivity index (χ3v) is 4.29. The number of aromatic nitrogens is 1. The van der Waals surface area contributed by atoms with Gasteiger partial charge in [0.1, 0.15) is 11.4 Å². The van der Waals surface area contributed by atoms with E-state index in [4.69, 9.17) is 11.6 Å². The molecule has 1 aromatic heterocycles. The standard InChI is InChI=1S/C21H18ClN3O2/c1-14-9-11-16(12-10-14)24-21(27)19-8-4-7-18(25-19)20(26)23-13-15-5-2-3-6-17(15)22/h2-12H,13H2,1H3,(H,23,26)(H,24,27). The Bertz CT molecular complexity index is 971. The quantitative estimate of drug-likeness (QED) is 0.697. The molecule has 27 heavy (non-hydrogen) atoms. The van der Waals surface area contributed by atoms with Crippen LogP contribution in [-0.4, -0.2) is 16.8 Å². The van der Waals surface area contributed by atoms with E-state index in [-0.39, 0.29) is 29.7 Å². The van der Waals surface area contributed by atoms with Crippen molar-refractivity contribution in [2.24, 2.45) is 0 Å². The number of carbonyl (C=O) groups excluding carboxylic acids is 2. The van der Waals surface area contributed by atoms with Gasteiger partial charge < -0.3 is 10.6 Å². The lowest BCUT2D eigenvalue weighted by Crippen LogP contribution is -2.25. The van der Waals surface area contributed by atoms with Crippen molar-refractivity contribution in [1.29, 1.82) is 0 Å². The predicted octanol–water partition coefficient (Wildman–Crippen LogP) is 4.23. The first kappa shape index (κ1) is 18.6. The summed E-state index contributed by atoms with van der Waals surface area (Å²) in [6, 6.07) is 19.5. The lowest BCUT2D eigenvalue weighted by atomic mass is 10.2. The Labute approximate surface area is 162 Å². The van der Waals surface area contributed by atoms with E-state index in [0.717, 1.165) is 11.1 Å². The van der Waals surface area contributed by atoms with Gasteiger partial charge in [-0.1, -0.05) is 53.6 Å². The first-order chi connectivity index (χ1) is 13.0. The molecule has 2 N–H and O–H groups in total. The Morgan fingerprint density at radius 2 is 1.56 bits per heavy atom. The van der Waals surface area contributed by atoms with Gasteiger partial charge in [0.25, 0.3) is 11.8 Å². The van der Waals surface area contributed by atoms with Crippen LogP contribution in [0.25, 0.3) is 0 Å². The molecule has 2 aromatic carbocycles. The summed E-state index contributed by atoms with van der Waals surface area (Å²) in [5, 5.41) is 6.11. The summed E-state index contributed by atoms with van der Waals surface area (Å²) < 4.78 is 0. The zero-order valence-corrected chi connectivity index (χ0v) is 15.5. The minimum atomic E-state index is -0.375. The van der Waals surface area contributed by atoms with Crippen LogP contribution in [0.1, 0.15) is 32.1 Å². The predicted molar refractivity (Wildman–Crippen MR) is 106 cm³/mol. The van der Waals surface area contributed by atoms with E-state index in [1.807, 2.05) is 49.4 Å². The van der Waals surface area contributed by atoms with Gasteiger partial charge in [-0.15, -0.1) is 0 Å². The van der Waals surface area contributed by atoms with Crippen molar-refractivity contribution in [3.05, 3.63) is 94.3 Å². The average molecular weight is 380 g/mol. The van der Waals surface area contributed by atoms with E-state index in [0.29, 0.717) is 10.7 Å². The molecule has 3 aromatic rings. The van der Waals surface area contributed by atoms with E-state index in [1.165, 1.54) is 0 Å². The smallest absolute Gasteiger partial charge is 0.274 e. The largest absolute Gasteiger partial charge is 0.347 e. The highest BCUT2D eigenvalue weighted by atomic mass is 35.5. The second-order valence-electron chi connectivity index (χ2n) is 6.00. The molecular formula is C21H18ClN3O2. The van der Waals surface area contributed by atoms with Crippen LogP contribution < -0.4 is 10.6 Å². The van der Waals surface area contributed by atoms with Crippen LogP contribution in [0.5, 0.6) is 0 Å². The molecule has 0 aliphatic carbocycles. The zero-order valence-electron chi connectivity index (χ0n) is 14.7. The van der Waals surface area contributed by atoms with Gasteiger partial charge in [0.05, 0.1) is 0 Å². The molecule has 0 atom stereocenters. The van der Waals surface area contributed by atoms with Crippen molar-refractivity contribution in [2.75, 3.05) is 5.32 Å². The van der Waals surface area contributed by atoms with E-state index >= 15 is 0 Å². The minimum Gasteiger partial charge on any atom is -0.347 e. The molecule has 0 unspecified atom stereocenters. The number of carbonyl (C=O) groups is 2. The molecule has 5 nitrogen and oxygen atoms in total. The summed E-state index contributed by atoms with van der Waals surface area (Å²) in [5.41, 5.74) is 2.91. The fraction of sp³-hybridized carbons (Fsp3) is 0.0952. The molecule has 0 bridgehead atoms. The third-order valence-electron chi connectivity index (χ3n) is 3.92. The monoisotopic (exact) mass is 379 g/mol. The molecule has 0 radical (unpaired) electrons.